The molecule has 0 N–H and O–H groups in total. The lowest BCUT2D eigenvalue weighted by Crippen LogP contribution is -2.05. The lowest BCUT2D eigenvalue weighted by molar-refractivity contribution is -0.138. The van der Waals surface area contributed by atoms with Gasteiger partial charge in [0.1, 0.15) is 0 Å². The summed E-state index contributed by atoms with van der Waals surface area (Å²) in [5.74, 6) is 0. The van der Waals surface area contributed by atoms with Gasteiger partial charge in [0.15, 0.2) is 0 Å². The first-order valence-corrected chi connectivity index (χ1v) is 4.16. The molecule has 0 fully saturated rings. The van der Waals surface area contributed by atoms with Crippen LogP contribution in [0.1, 0.15) is 5.56 Å². The minimum Gasteiger partial charge on any atom is -0.166 e. The summed E-state index contributed by atoms with van der Waals surface area (Å²) in [5.41, 5.74) is 7.12. The highest BCUT2D eigenvalue weighted by molar-refractivity contribution is 9.10. The third-order valence-electron chi connectivity index (χ3n) is 1.42. The molecule has 0 amide bonds. The molecule has 3 nitrogen and oxygen atoms in total. The monoisotopic (exact) mass is 265 g/mol. The number of halogens is 4. The lowest BCUT2D eigenvalue weighted by atomic mass is 10.2. The summed E-state index contributed by atoms with van der Waals surface area (Å²) in [6.45, 7) is 0. The minimum atomic E-state index is -4.46. The molecule has 1 aromatic carbocycles. The van der Waals surface area contributed by atoms with Gasteiger partial charge in [0.05, 0.1) is 5.56 Å². The van der Waals surface area contributed by atoms with Crippen LogP contribution in [0.5, 0.6) is 0 Å². The van der Waals surface area contributed by atoms with Crippen LogP contribution in [0.2, 0.25) is 0 Å². The van der Waals surface area contributed by atoms with Crippen molar-refractivity contribution in [2.75, 3.05) is 0 Å². The molecule has 0 bridgehead atoms. The van der Waals surface area contributed by atoms with Crippen molar-refractivity contribution < 1.29 is 13.2 Å². The highest BCUT2D eigenvalue weighted by atomic mass is 79.9. The van der Waals surface area contributed by atoms with E-state index in [0.29, 0.717) is 0 Å². The number of benzene rings is 1. The molecule has 0 aliphatic carbocycles. The van der Waals surface area contributed by atoms with E-state index in [1.54, 1.807) is 0 Å². The van der Waals surface area contributed by atoms with Crippen molar-refractivity contribution in [3.05, 3.63) is 38.7 Å². The summed E-state index contributed by atoms with van der Waals surface area (Å²) in [6.07, 6.45) is -4.46. The molecule has 7 heteroatoms. The normalized spacial score (nSPS) is 10.9. The zero-order chi connectivity index (χ0) is 10.8. The molecule has 1 aromatic rings. The Bertz CT molecular complexity index is 396. The predicted molar refractivity (Wildman–Crippen MR) is 48.0 cm³/mol. The SMILES string of the molecule is [N-]=[N+]=Nc1ccc(Br)c(C(F)(F)F)c1. The number of hydrogen-bond donors (Lipinski definition) is 0. The first kappa shape index (κ1) is 10.9. The van der Waals surface area contributed by atoms with Gasteiger partial charge in [-0.3, -0.25) is 0 Å². The number of rotatable bonds is 1. The second-order valence-electron chi connectivity index (χ2n) is 2.35. The fraction of sp³-hybridized carbons (Fsp3) is 0.143. The third kappa shape index (κ3) is 2.40. The zero-order valence-electron chi connectivity index (χ0n) is 6.59. The zero-order valence-corrected chi connectivity index (χ0v) is 8.17. The van der Waals surface area contributed by atoms with E-state index in [0.717, 1.165) is 6.07 Å². The van der Waals surface area contributed by atoms with Crippen LogP contribution in [0.4, 0.5) is 18.9 Å². The van der Waals surface area contributed by atoms with Gasteiger partial charge in [0.2, 0.25) is 0 Å². The number of nitrogens with zero attached hydrogens (tertiary/aromatic N) is 3. The topological polar surface area (TPSA) is 48.8 Å². The Morgan fingerprint density at radius 1 is 1.36 bits per heavy atom. The summed E-state index contributed by atoms with van der Waals surface area (Å²) in [4.78, 5) is 2.40. The van der Waals surface area contributed by atoms with Gasteiger partial charge in [-0.05, 0) is 17.7 Å². The van der Waals surface area contributed by atoms with Crippen LogP contribution in [0, 0.1) is 0 Å². The van der Waals surface area contributed by atoms with Gasteiger partial charge in [-0.1, -0.05) is 27.1 Å². The predicted octanol–water partition coefficient (Wildman–Crippen LogP) is 4.41. The summed E-state index contributed by atoms with van der Waals surface area (Å²) < 4.78 is 36.8. The molecule has 1 rings (SSSR count). The van der Waals surface area contributed by atoms with Gasteiger partial charge in [-0.2, -0.15) is 13.2 Å². The average molecular weight is 266 g/mol. The van der Waals surface area contributed by atoms with Gasteiger partial charge in [0, 0.05) is 15.1 Å². The van der Waals surface area contributed by atoms with Gasteiger partial charge >= 0.3 is 6.18 Å². The van der Waals surface area contributed by atoms with Crippen molar-refractivity contribution in [3.8, 4) is 0 Å². The highest BCUT2D eigenvalue weighted by Crippen LogP contribution is 2.36. The Balaban J connectivity index is 3.28. The molecule has 0 unspecified atom stereocenters. The van der Waals surface area contributed by atoms with E-state index in [1.165, 1.54) is 12.1 Å². The van der Waals surface area contributed by atoms with Crippen LogP contribution in [-0.4, -0.2) is 0 Å². The standard InChI is InChI=1S/C7H3BrF3N3/c8-6-2-1-4(13-14-12)3-5(6)7(9,10)11/h1-3H. The number of alkyl halides is 3. The Morgan fingerprint density at radius 2 is 2.00 bits per heavy atom. The molecule has 74 valence electrons. The van der Waals surface area contributed by atoms with Crippen molar-refractivity contribution >= 4 is 21.6 Å². The number of azide groups is 1. The van der Waals surface area contributed by atoms with E-state index in [-0.39, 0.29) is 10.2 Å². The fourth-order valence-corrected chi connectivity index (χ4v) is 1.32. The number of hydrogen-bond acceptors (Lipinski definition) is 1. The van der Waals surface area contributed by atoms with E-state index in [4.69, 9.17) is 5.53 Å². The van der Waals surface area contributed by atoms with Crippen molar-refractivity contribution in [1.29, 1.82) is 0 Å². The molecular formula is C7H3BrF3N3. The molecule has 0 aliphatic rings. The molecule has 0 saturated heterocycles. The molecule has 0 aromatic heterocycles. The first-order valence-electron chi connectivity index (χ1n) is 3.37. The van der Waals surface area contributed by atoms with E-state index in [9.17, 15) is 13.2 Å². The summed E-state index contributed by atoms with van der Waals surface area (Å²) >= 11 is 2.76. The van der Waals surface area contributed by atoms with Crippen molar-refractivity contribution in [2.45, 2.75) is 6.18 Å². The van der Waals surface area contributed by atoms with Crippen LogP contribution < -0.4 is 0 Å². The highest BCUT2D eigenvalue weighted by Gasteiger charge is 2.32. The van der Waals surface area contributed by atoms with Gasteiger partial charge < -0.3 is 0 Å². The Labute approximate surface area is 85.3 Å². The van der Waals surface area contributed by atoms with Crippen molar-refractivity contribution in [3.63, 3.8) is 0 Å². The molecular weight excluding hydrogens is 263 g/mol. The molecule has 0 aliphatic heterocycles. The van der Waals surface area contributed by atoms with Crippen LogP contribution in [0.3, 0.4) is 0 Å². The molecule has 0 saturated carbocycles. The minimum absolute atomic E-state index is 0.0666. The first-order chi connectivity index (χ1) is 6.45. The quantitative estimate of drug-likeness (QED) is 0.410. The maximum absolute atomic E-state index is 12.3. The van der Waals surface area contributed by atoms with Gasteiger partial charge in [0.25, 0.3) is 0 Å². The van der Waals surface area contributed by atoms with E-state index in [1.807, 2.05) is 0 Å². The maximum atomic E-state index is 12.3. The lowest BCUT2D eigenvalue weighted by Gasteiger charge is -2.08. The molecule has 0 atom stereocenters. The van der Waals surface area contributed by atoms with Crippen LogP contribution in [-0.2, 0) is 6.18 Å². The second-order valence-corrected chi connectivity index (χ2v) is 3.21. The van der Waals surface area contributed by atoms with E-state index < -0.39 is 11.7 Å². The van der Waals surface area contributed by atoms with Crippen LogP contribution in [0.25, 0.3) is 10.4 Å². The van der Waals surface area contributed by atoms with Gasteiger partial charge in [-0.15, -0.1) is 0 Å². The molecule has 0 spiro atoms. The fourth-order valence-electron chi connectivity index (χ4n) is 0.844. The van der Waals surface area contributed by atoms with E-state index in [2.05, 4.69) is 26.0 Å². The Hall–Kier alpha value is -1.20. The largest absolute Gasteiger partial charge is 0.417 e. The van der Waals surface area contributed by atoms with Gasteiger partial charge in [-0.25, -0.2) is 0 Å². The maximum Gasteiger partial charge on any atom is 0.417 e. The molecule has 0 heterocycles. The summed E-state index contributed by atoms with van der Waals surface area (Å²) in [6, 6.07) is 3.26. The average Bonchev–Trinajstić information content (AvgIpc) is 2.07. The molecule has 0 radical (unpaired) electrons. The summed E-state index contributed by atoms with van der Waals surface area (Å²) in [5, 5.41) is 3.08. The van der Waals surface area contributed by atoms with Crippen molar-refractivity contribution in [2.24, 2.45) is 5.11 Å². The Kier molecular flexibility index (Phi) is 3.03. The van der Waals surface area contributed by atoms with Crippen LogP contribution >= 0.6 is 15.9 Å². The molecule has 14 heavy (non-hydrogen) atoms. The smallest absolute Gasteiger partial charge is 0.166 e. The third-order valence-corrected chi connectivity index (χ3v) is 2.11. The van der Waals surface area contributed by atoms with E-state index >= 15 is 0 Å². The second kappa shape index (κ2) is 3.89. The van der Waals surface area contributed by atoms with Crippen LogP contribution in [0.15, 0.2) is 27.8 Å². The summed E-state index contributed by atoms with van der Waals surface area (Å²) in [7, 11) is 0. The van der Waals surface area contributed by atoms with Crippen molar-refractivity contribution in [1.82, 2.24) is 0 Å². The Morgan fingerprint density at radius 3 is 2.50 bits per heavy atom.